The molecule has 0 spiro atoms. The number of carbonyl (C=O) groups excluding carboxylic acids is 2. The van der Waals surface area contributed by atoms with Gasteiger partial charge in [0.1, 0.15) is 5.82 Å². The van der Waals surface area contributed by atoms with E-state index in [1.165, 1.54) is 17.7 Å². The molecule has 1 aromatic carbocycles. The summed E-state index contributed by atoms with van der Waals surface area (Å²) in [5, 5.41) is 4.24. The van der Waals surface area contributed by atoms with Gasteiger partial charge >= 0.3 is 0 Å². The van der Waals surface area contributed by atoms with E-state index in [0.29, 0.717) is 25.3 Å². The van der Waals surface area contributed by atoms with Gasteiger partial charge in [0.25, 0.3) is 0 Å². The van der Waals surface area contributed by atoms with E-state index in [2.05, 4.69) is 21.7 Å². The Balaban J connectivity index is 1.32. The first kappa shape index (κ1) is 18.1. The number of thiophene rings is 1. The van der Waals surface area contributed by atoms with E-state index >= 15 is 0 Å². The molecule has 1 atom stereocenters. The number of piperazine rings is 1. The summed E-state index contributed by atoms with van der Waals surface area (Å²) in [5.41, 5.74) is 1.97. The van der Waals surface area contributed by atoms with Crippen LogP contribution in [0.2, 0.25) is 0 Å². The number of anilines is 1. The summed E-state index contributed by atoms with van der Waals surface area (Å²) in [4.78, 5) is 31.0. The Bertz CT molecular complexity index is 801. The number of hydrogen-bond donors (Lipinski definition) is 0. The Morgan fingerprint density at radius 1 is 1.11 bits per heavy atom. The molecule has 1 aromatic heterocycles. The quantitative estimate of drug-likeness (QED) is 0.810. The lowest BCUT2D eigenvalue weighted by Gasteiger charge is -2.35. The number of carbonyl (C=O) groups is 2. The molecule has 0 saturated carbocycles. The van der Waals surface area contributed by atoms with Crippen LogP contribution >= 0.6 is 11.3 Å². The first-order chi connectivity index (χ1) is 13.1. The van der Waals surface area contributed by atoms with Crippen LogP contribution in [0, 0.1) is 11.7 Å². The highest BCUT2D eigenvalue weighted by atomic mass is 32.1. The topological polar surface area (TPSA) is 43.9 Å². The van der Waals surface area contributed by atoms with E-state index < -0.39 is 0 Å². The predicted octanol–water partition coefficient (Wildman–Crippen LogP) is 2.58. The van der Waals surface area contributed by atoms with Crippen LogP contribution in [0.3, 0.4) is 0 Å². The van der Waals surface area contributed by atoms with Crippen LogP contribution < -0.4 is 4.90 Å². The van der Waals surface area contributed by atoms with Crippen LogP contribution in [-0.2, 0) is 16.1 Å². The Kier molecular flexibility index (Phi) is 5.22. The summed E-state index contributed by atoms with van der Waals surface area (Å²) in [6.07, 6.45) is 0.228. The van der Waals surface area contributed by atoms with E-state index in [1.54, 1.807) is 28.4 Å². The molecular formula is C20H22FN3O2S. The minimum absolute atomic E-state index is 0.0585. The first-order valence-corrected chi connectivity index (χ1v) is 10.1. The van der Waals surface area contributed by atoms with Crippen LogP contribution in [0.1, 0.15) is 12.0 Å². The van der Waals surface area contributed by atoms with Crippen molar-refractivity contribution < 1.29 is 14.0 Å². The molecule has 3 heterocycles. The number of nitrogens with zero attached hydrogens (tertiary/aromatic N) is 3. The van der Waals surface area contributed by atoms with Gasteiger partial charge in [0.15, 0.2) is 0 Å². The highest BCUT2D eigenvalue weighted by Crippen LogP contribution is 2.27. The van der Waals surface area contributed by atoms with Crippen molar-refractivity contribution in [3.05, 3.63) is 52.5 Å². The van der Waals surface area contributed by atoms with Gasteiger partial charge in [0.05, 0.1) is 5.92 Å². The van der Waals surface area contributed by atoms with Gasteiger partial charge in [-0.1, -0.05) is 0 Å². The van der Waals surface area contributed by atoms with Gasteiger partial charge in [-0.15, -0.1) is 0 Å². The monoisotopic (exact) mass is 387 g/mol. The fourth-order valence-corrected chi connectivity index (χ4v) is 4.43. The van der Waals surface area contributed by atoms with Crippen molar-refractivity contribution in [2.24, 2.45) is 5.92 Å². The van der Waals surface area contributed by atoms with Crippen LogP contribution in [-0.4, -0.2) is 54.3 Å². The van der Waals surface area contributed by atoms with E-state index in [1.807, 2.05) is 4.90 Å². The summed E-state index contributed by atoms with van der Waals surface area (Å²) in [5.74, 6) is -0.663. The molecule has 4 rings (SSSR count). The van der Waals surface area contributed by atoms with E-state index in [4.69, 9.17) is 0 Å². The van der Waals surface area contributed by atoms with E-state index in [9.17, 15) is 14.0 Å². The molecule has 0 aliphatic carbocycles. The Hall–Kier alpha value is -2.25. The minimum atomic E-state index is -0.335. The third kappa shape index (κ3) is 4.04. The van der Waals surface area contributed by atoms with Crippen LogP contribution in [0.25, 0.3) is 0 Å². The number of amides is 2. The number of benzene rings is 1. The number of rotatable bonds is 4. The second-order valence-corrected chi connectivity index (χ2v) is 7.89. The molecule has 7 heteroatoms. The highest BCUT2D eigenvalue weighted by molar-refractivity contribution is 7.07. The maximum atomic E-state index is 13.1. The predicted molar refractivity (Wildman–Crippen MR) is 103 cm³/mol. The molecule has 2 aliphatic heterocycles. The molecular weight excluding hydrogens is 365 g/mol. The van der Waals surface area contributed by atoms with Crippen molar-refractivity contribution in [2.75, 3.05) is 37.6 Å². The maximum Gasteiger partial charge on any atom is 0.228 e. The number of halogens is 1. The molecule has 0 bridgehead atoms. The van der Waals surface area contributed by atoms with Crippen molar-refractivity contribution in [2.45, 2.75) is 13.0 Å². The molecule has 2 amide bonds. The summed E-state index contributed by atoms with van der Waals surface area (Å²) in [6, 6.07) is 7.98. The molecule has 2 aromatic rings. The Morgan fingerprint density at radius 3 is 2.52 bits per heavy atom. The zero-order valence-corrected chi connectivity index (χ0v) is 15.8. The van der Waals surface area contributed by atoms with Gasteiger partial charge in [-0.2, -0.15) is 11.3 Å². The third-order valence-corrected chi connectivity index (χ3v) is 6.01. The first-order valence-electron chi connectivity index (χ1n) is 9.18. The van der Waals surface area contributed by atoms with Crippen molar-refractivity contribution in [3.8, 4) is 0 Å². The average Bonchev–Trinajstić information content (AvgIpc) is 3.32. The zero-order valence-electron chi connectivity index (χ0n) is 15.0. The Labute approximate surface area is 162 Å². The maximum absolute atomic E-state index is 13.1. The van der Waals surface area contributed by atoms with Crippen LogP contribution in [0.4, 0.5) is 10.1 Å². The highest BCUT2D eigenvalue weighted by Gasteiger charge is 2.37. The molecule has 0 N–H and O–H groups in total. The second-order valence-electron chi connectivity index (χ2n) is 7.11. The number of hydrogen-bond acceptors (Lipinski definition) is 4. The molecule has 2 fully saturated rings. The van der Waals surface area contributed by atoms with Gasteiger partial charge in [-0.25, -0.2) is 4.39 Å². The van der Waals surface area contributed by atoms with E-state index in [0.717, 1.165) is 19.6 Å². The summed E-state index contributed by atoms with van der Waals surface area (Å²) < 4.78 is 13.1. The molecule has 1 unspecified atom stereocenters. The smallest absolute Gasteiger partial charge is 0.228 e. The largest absolute Gasteiger partial charge is 0.340 e. The van der Waals surface area contributed by atoms with Crippen molar-refractivity contribution >= 4 is 28.8 Å². The van der Waals surface area contributed by atoms with Crippen LogP contribution in [0.5, 0.6) is 0 Å². The molecule has 5 nitrogen and oxygen atoms in total. The lowest BCUT2D eigenvalue weighted by molar-refractivity contribution is -0.137. The van der Waals surface area contributed by atoms with E-state index in [-0.39, 0.29) is 30.0 Å². The molecule has 142 valence electrons. The lowest BCUT2D eigenvalue weighted by Crippen LogP contribution is -2.50. The SMILES string of the molecule is O=C(C1CC(=O)N(c2ccc(F)cc2)C1)N1CCN(Cc2ccsc2)CC1. The van der Waals surface area contributed by atoms with Gasteiger partial charge in [-0.05, 0) is 46.7 Å². The minimum Gasteiger partial charge on any atom is -0.340 e. The average molecular weight is 387 g/mol. The van der Waals surface area contributed by atoms with Gasteiger partial charge < -0.3 is 9.80 Å². The van der Waals surface area contributed by atoms with Crippen molar-refractivity contribution in [1.29, 1.82) is 0 Å². The summed E-state index contributed by atoms with van der Waals surface area (Å²) in [6.45, 7) is 4.40. The standard InChI is InChI=1S/C20H22FN3O2S/c21-17-1-3-18(4-2-17)24-13-16(11-19(24)25)20(26)23-8-6-22(7-9-23)12-15-5-10-27-14-15/h1-5,10,14,16H,6-9,11-13H2. The zero-order chi connectivity index (χ0) is 18.8. The molecule has 27 heavy (non-hydrogen) atoms. The second kappa shape index (κ2) is 7.78. The third-order valence-electron chi connectivity index (χ3n) is 5.28. The fourth-order valence-electron chi connectivity index (χ4n) is 3.77. The summed E-state index contributed by atoms with van der Waals surface area (Å²) >= 11 is 1.70. The van der Waals surface area contributed by atoms with Crippen LogP contribution in [0.15, 0.2) is 41.1 Å². The Morgan fingerprint density at radius 2 is 1.85 bits per heavy atom. The normalized spacial score (nSPS) is 21.1. The van der Waals surface area contributed by atoms with Gasteiger partial charge in [0.2, 0.25) is 11.8 Å². The fraction of sp³-hybridized carbons (Fsp3) is 0.400. The summed E-state index contributed by atoms with van der Waals surface area (Å²) in [7, 11) is 0. The lowest BCUT2D eigenvalue weighted by atomic mass is 10.1. The molecule has 2 aliphatic rings. The molecule has 0 radical (unpaired) electrons. The van der Waals surface area contributed by atoms with Crippen molar-refractivity contribution in [3.63, 3.8) is 0 Å². The van der Waals surface area contributed by atoms with Gasteiger partial charge in [-0.3, -0.25) is 14.5 Å². The van der Waals surface area contributed by atoms with Gasteiger partial charge in [0, 0.05) is 51.4 Å². The van der Waals surface area contributed by atoms with Crippen molar-refractivity contribution in [1.82, 2.24) is 9.80 Å². The molecule has 2 saturated heterocycles.